The van der Waals surface area contributed by atoms with Crippen LogP contribution in [0.1, 0.15) is 61.2 Å². The van der Waals surface area contributed by atoms with Gasteiger partial charge >= 0.3 is 5.69 Å². The van der Waals surface area contributed by atoms with Crippen molar-refractivity contribution in [3.63, 3.8) is 0 Å². The molecule has 1 saturated heterocycles. The Morgan fingerprint density at radius 1 is 1.12 bits per heavy atom. The molecule has 1 amide bonds. The zero-order valence-electron chi connectivity index (χ0n) is 19.7. The SMILES string of the molecule is Cn1nc(C(C)(C)C)cc1C(=O)N1C[C@@H]2C[C@H]1c1c(O)n(-c3cccc4ccccc34)c(=O)n12. The summed E-state index contributed by atoms with van der Waals surface area (Å²) in [5.41, 5.74) is 2.08. The molecule has 1 fully saturated rings. The number of amides is 1. The Morgan fingerprint density at radius 2 is 1.85 bits per heavy atom. The number of fused-ring (bicyclic) bond motifs is 6. The molecule has 4 aromatic rings. The molecule has 2 aromatic heterocycles. The first-order valence-electron chi connectivity index (χ1n) is 11.6. The first-order valence-corrected chi connectivity index (χ1v) is 11.6. The van der Waals surface area contributed by atoms with Crippen molar-refractivity contribution >= 4 is 16.7 Å². The Bertz CT molecular complexity index is 1530. The van der Waals surface area contributed by atoms with Crippen molar-refractivity contribution in [1.82, 2.24) is 23.8 Å². The number of aromatic nitrogens is 4. The second-order valence-corrected chi connectivity index (χ2v) is 10.3. The van der Waals surface area contributed by atoms with Crippen LogP contribution in [0.25, 0.3) is 16.5 Å². The molecule has 2 aromatic carbocycles. The molecule has 4 heterocycles. The van der Waals surface area contributed by atoms with E-state index in [4.69, 9.17) is 0 Å². The van der Waals surface area contributed by atoms with Crippen LogP contribution in [0.5, 0.6) is 5.88 Å². The molecule has 0 unspecified atom stereocenters. The molecule has 2 aliphatic rings. The fraction of sp³-hybridized carbons (Fsp3) is 0.346. The smallest absolute Gasteiger partial charge is 0.336 e. The number of imidazole rings is 1. The zero-order valence-corrected chi connectivity index (χ0v) is 19.7. The van der Waals surface area contributed by atoms with E-state index in [-0.39, 0.29) is 35.0 Å². The van der Waals surface area contributed by atoms with Gasteiger partial charge in [-0.05, 0) is 23.9 Å². The Morgan fingerprint density at radius 3 is 2.59 bits per heavy atom. The van der Waals surface area contributed by atoms with Gasteiger partial charge in [0.1, 0.15) is 11.4 Å². The van der Waals surface area contributed by atoms with Crippen molar-refractivity contribution < 1.29 is 9.90 Å². The van der Waals surface area contributed by atoms with E-state index in [1.807, 2.05) is 48.5 Å². The van der Waals surface area contributed by atoms with Gasteiger partial charge in [-0.3, -0.25) is 14.0 Å². The van der Waals surface area contributed by atoms with E-state index in [9.17, 15) is 14.7 Å². The van der Waals surface area contributed by atoms with Gasteiger partial charge in [-0.25, -0.2) is 9.36 Å². The number of aromatic hydroxyl groups is 1. The van der Waals surface area contributed by atoms with Gasteiger partial charge < -0.3 is 10.0 Å². The summed E-state index contributed by atoms with van der Waals surface area (Å²) in [6, 6.07) is 14.8. The van der Waals surface area contributed by atoms with Crippen LogP contribution >= 0.6 is 0 Å². The lowest BCUT2D eigenvalue weighted by Gasteiger charge is -2.27. The highest BCUT2D eigenvalue weighted by Crippen LogP contribution is 2.49. The number of hydrogen-bond donors (Lipinski definition) is 1. The third kappa shape index (κ3) is 2.74. The normalized spacial score (nSPS) is 19.2. The monoisotopic (exact) mass is 457 g/mol. The van der Waals surface area contributed by atoms with Gasteiger partial charge in [-0.15, -0.1) is 0 Å². The molecular weight excluding hydrogens is 430 g/mol. The number of hydrogen-bond acceptors (Lipinski definition) is 4. The standard InChI is InChI=1S/C26H27N5O3/c1-26(2,3)21-13-20(28(4)27-21)23(32)29-14-16-12-19(29)22-24(33)31(25(34)30(16)22)18-11-7-9-15-8-5-6-10-17(15)18/h5-11,13,16,19,33H,12,14H2,1-4H3/t16-,19-/m0/s1. The summed E-state index contributed by atoms with van der Waals surface area (Å²) in [5, 5.41) is 17.7. The average molecular weight is 458 g/mol. The first-order chi connectivity index (χ1) is 16.2. The maximum atomic E-state index is 13.5. The lowest BCUT2D eigenvalue weighted by Crippen LogP contribution is -2.38. The number of nitrogens with zero attached hydrogens (tertiary/aromatic N) is 5. The summed E-state index contributed by atoms with van der Waals surface area (Å²) in [6.45, 7) is 6.63. The number of carbonyl (C=O) groups excluding carboxylic acids is 1. The van der Waals surface area contributed by atoms with Gasteiger partial charge in [0.15, 0.2) is 0 Å². The van der Waals surface area contributed by atoms with Gasteiger partial charge in [0, 0.05) is 24.4 Å². The van der Waals surface area contributed by atoms with Crippen molar-refractivity contribution in [1.29, 1.82) is 0 Å². The van der Waals surface area contributed by atoms with Crippen LogP contribution in [-0.2, 0) is 12.5 Å². The molecule has 8 nitrogen and oxygen atoms in total. The van der Waals surface area contributed by atoms with E-state index in [1.165, 1.54) is 4.57 Å². The Kier molecular flexibility index (Phi) is 4.19. The van der Waals surface area contributed by atoms with E-state index in [0.717, 1.165) is 16.5 Å². The second-order valence-electron chi connectivity index (χ2n) is 10.3. The minimum atomic E-state index is -0.352. The zero-order chi connectivity index (χ0) is 23.9. The Labute approximate surface area is 196 Å². The van der Waals surface area contributed by atoms with Crippen LogP contribution < -0.4 is 5.69 Å². The molecular formula is C26H27N5O3. The lowest BCUT2D eigenvalue weighted by molar-refractivity contribution is 0.0700. The highest BCUT2D eigenvalue weighted by Gasteiger charge is 2.49. The summed E-state index contributed by atoms with van der Waals surface area (Å²) in [7, 11) is 1.78. The molecule has 2 aliphatic heterocycles. The highest BCUT2D eigenvalue weighted by atomic mass is 16.3. The maximum Gasteiger partial charge on any atom is 0.336 e. The third-order valence-corrected chi connectivity index (χ3v) is 7.19. The maximum absolute atomic E-state index is 13.5. The molecule has 0 aliphatic carbocycles. The number of likely N-dealkylation sites (tertiary alicyclic amines) is 1. The van der Waals surface area contributed by atoms with E-state index in [2.05, 4.69) is 25.9 Å². The van der Waals surface area contributed by atoms with Crippen molar-refractivity contribution in [2.75, 3.05) is 6.54 Å². The Balaban J connectivity index is 1.43. The predicted octanol–water partition coefficient (Wildman–Crippen LogP) is 3.67. The number of aryl methyl sites for hydroxylation is 1. The van der Waals surface area contributed by atoms with Crippen molar-refractivity contribution in [2.24, 2.45) is 7.05 Å². The van der Waals surface area contributed by atoms with Gasteiger partial charge in [0.05, 0.1) is 23.5 Å². The largest absolute Gasteiger partial charge is 0.493 e. The number of carbonyl (C=O) groups is 1. The Hall–Kier alpha value is -3.81. The van der Waals surface area contributed by atoms with E-state index in [0.29, 0.717) is 30.0 Å². The topological polar surface area (TPSA) is 85.3 Å². The summed E-state index contributed by atoms with van der Waals surface area (Å²) in [5.74, 6) is -0.222. The summed E-state index contributed by atoms with van der Waals surface area (Å²) < 4.78 is 4.69. The van der Waals surface area contributed by atoms with Crippen LogP contribution in [-0.4, -0.2) is 41.4 Å². The molecule has 0 spiro atoms. The van der Waals surface area contributed by atoms with Crippen molar-refractivity contribution in [3.05, 3.63) is 76.1 Å². The molecule has 2 bridgehead atoms. The van der Waals surface area contributed by atoms with Crippen LogP contribution in [0, 0.1) is 0 Å². The van der Waals surface area contributed by atoms with Gasteiger partial charge in [0.2, 0.25) is 5.88 Å². The molecule has 6 rings (SSSR count). The van der Waals surface area contributed by atoms with Crippen molar-refractivity contribution in [2.45, 2.75) is 44.7 Å². The summed E-state index contributed by atoms with van der Waals surface area (Å²) in [4.78, 5) is 28.8. The fourth-order valence-corrected chi connectivity index (χ4v) is 5.47. The van der Waals surface area contributed by atoms with Crippen LogP contribution in [0.2, 0.25) is 0 Å². The van der Waals surface area contributed by atoms with E-state index < -0.39 is 0 Å². The highest BCUT2D eigenvalue weighted by molar-refractivity contribution is 5.93. The van der Waals surface area contributed by atoms with Crippen molar-refractivity contribution in [3.8, 4) is 11.6 Å². The second kappa shape index (κ2) is 6.85. The fourth-order valence-electron chi connectivity index (χ4n) is 5.47. The minimum absolute atomic E-state index is 0.0910. The summed E-state index contributed by atoms with van der Waals surface area (Å²) in [6.07, 6.45) is 0.629. The number of rotatable bonds is 2. The molecule has 0 saturated carbocycles. The van der Waals surface area contributed by atoms with E-state index in [1.54, 1.807) is 21.2 Å². The quantitative estimate of drug-likeness (QED) is 0.498. The van der Waals surface area contributed by atoms with Crippen LogP contribution in [0.4, 0.5) is 0 Å². The van der Waals surface area contributed by atoms with E-state index >= 15 is 0 Å². The molecule has 2 atom stereocenters. The summed E-state index contributed by atoms with van der Waals surface area (Å²) >= 11 is 0. The van der Waals surface area contributed by atoms with Gasteiger partial charge in [-0.2, -0.15) is 5.10 Å². The number of benzene rings is 2. The molecule has 34 heavy (non-hydrogen) atoms. The van der Waals surface area contributed by atoms with Gasteiger partial charge in [-0.1, -0.05) is 57.2 Å². The van der Waals surface area contributed by atoms with Crippen LogP contribution in [0.15, 0.2) is 53.3 Å². The van der Waals surface area contributed by atoms with Gasteiger partial charge in [0.25, 0.3) is 5.91 Å². The predicted molar refractivity (Wildman–Crippen MR) is 129 cm³/mol. The third-order valence-electron chi connectivity index (χ3n) is 7.19. The molecule has 8 heteroatoms. The first kappa shape index (κ1) is 20.8. The average Bonchev–Trinajstić information content (AvgIpc) is 3.55. The molecule has 0 radical (unpaired) electrons. The minimum Gasteiger partial charge on any atom is -0.493 e. The molecule has 174 valence electrons. The lowest BCUT2D eigenvalue weighted by atomic mass is 9.92. The molecule has 1 N–H and O–H groups in total. The van der Waals surface area contributed by atoms with Crippen LogP contribution in [0.3, 0.4) is 0 Å².